The Balaban J connectivity index is 1.79. The van der Waals surface area contributed by atoms with E-state index in [1.807, 2.05) is 33.7 Å². The maximum absolute atomic E-state index is 12.3. The quantitative estimate of drug-likeness (QED) is 0.884. The van der Waals surface area contributed by atoms with E-state index in [2.05, 4.69) is 4.90 Å². The predicted molar refractivity (Wildman–Crippen MR) is 80.7 cm³/mol. The van der Waals surface area contributed by atoms with Gasteiger partial charge in [-0.2, -0.15) is 11.3 Å². The number of nitrogens with zero attached hydrogens (tertiary/aromatic N) is 3. The summed E-state index contributed by atoms with van der Waals surface area (Å²) in [5.74, 6) is -0.686. The third kappa shape index (κ3) is 2.68. The molecule has 0 radical (unpaired) electrons. The number of piperazine rings is 1. The minimum atomic E-state index is -0.795. The third-order valence-electron chi connectivity index (χ3n) is 4.52. The normalized spacial score (nSPS) is 27.7. The van der Waals surface area contributed by atoms with Gasteiger partial charge in [-0.05, 0) is 24.9 Å². The van der Waals surface area contributed by atoms with Gasteiger partial charge in [-0.15, -0.1) is 0 Å². The summed E-state index contributed by atoms with van der Waals surface area (Å²) in [6.45, 7) is 2.56. The van der Waals surface area contributed by atoms with Crippen molar-refractivity contribution in [2.24, 2.45) is 0 Å². The van der Waals surface area contributed by atoms with Crippen LogP contribution in [0.15, 0.2) is 16.8 Å². The fourth-order valence-corrected chi connectivity index (χ4v) is 3.95. The highest BCUT2D eigenvalue weighted by molar-refractivity contribution is 7.08. The van der Waals surface area contributed by atoms with Gasteiger partial charge in [0.2, 0.25) is 5.91 Å². The van der Waals surface area contributed by atoms with Crippen molar-refractivity contribution in [2.45, 2.75) is 12.0 Å². The molecule has 0 aliphatic carbocycles. The van der Waals surface area contributed by atoms with E-state index in [4.69, 9.17) is 5.11 Å². The lowest BCUT2D eigenvalue weighted by Gasteiger charge is -2.46. The van der Waals surface area contributed by atoms with Crippen molar-refractivity contribution in [1.29, 1.82) is 0 Å². The number of aliphatic carboxylic acids is 1. The molecular formula is C14H19N3O3S. The van der Waals surface area contributed by atoms with Gasteiger partial charge in [-0.25, -0.2) is 0 Å². The van der Waals surface area contributed by atoms with Gasteiger partial charge in [-0.3, -0.25) is 19.4 Å². The molecule has 1 spiro atoms. The topological polar surface area (TPSA) is 64.1 Å². The molecule has 2 aliphatic heterocycles. The van der Waals surface area contributed by atoms with Crippen LogP contribution in [-0.4, -0.2) is 72.1 Å². The lowest BCUT2D eigenvalue weighted by molar-refractivity contribution is -0.138. The Bertz CT molecular complexity index is 548. The van der Waals surface area contributed by atoms with Crippen molar-refractivity contribution in [3.8, 4) is 0 Å². The van der Waals surface area contributed by atoms with E-state index in [1.54, 1.807) is 11.3 Å². The van der Waals surface area contributed by atoms with Gasteiger partial charge < -0.3 is 10.0 Å². The second-order valence-corrected chi connectivity index (χ2v) is 6.68. The highest BCUT2D eigenvalue weighted by atomic mass is 32.1. The standard InChI is InChI=1S/C14H19N3O3S/c1-15-6-12(18)17(11-2-5-21-8-11)10-14(15)3-4-16(9-14)7-13(19)20/h2,5,8H,3-4,6-7,9-10H2,1H3,(H,19,20)/t14-/m1/s1. The average molecular weight is 309 g/mol. The maximum atomic E-state index is 12.3. The lowest BCUT2D eigenvalue weighted by Crippen LogP contribution is -2.64. The number of thiophene rings is 1. The van der Waals surface area contributed by atoms with Gasteiger partial charge in [0.1, 0.15) is 0 Å². The van der Waals surface area contributed by atoms with Gasteiger partial charge in [-0.1, -0.05) is 0 Å². The highest BCUT2D eigenvalue weighted by Gasteiger charge is 2.47. The molecule has 1 aromatic rings. The molecule has 1 N–H and O–H groups in total. The van der Waals surface area contributed by atoms with Crippen molar-refractivity contribution >= 4 is 28.9 Å². The Kier molecular flexibility index (Phi) is 3.73. The Labute approximate surface area is 127 Å². The Morgan fingerprint density at radius 1 is 1.48 bits per heavy atom. The van der Waals surface area contributed by atoms with Crippen molar-refractivity contribution in [2.75, 3.05) is 44.7 Å². The number of likely N-dealkylation sites (tertiary alicyclic amines) is 1. The molecule has 0 aromatic carbocycles. The number of carbonyl (C=O) groups excluding carboxylic acids is 1. The van der Waals surface area contributed by atoms with Crippen LogP contribution in [0.2, 0.25) is 0 Å². The molecule has 1 amide bonds. The molecule has 114 valence electrons. The molecule has 21 heavy (non-hydrogen) atoms. The smallest absolute Gasteiger partial charge is 0.317 e. The van der Waals surface area contributed by atoms with Crippen molar-refractivity contribution in [3.05, 3.63) is 16.8 Å². The van der Waals surface area contributed by atoms with Crippen molar-refractivity contribution in [3.63, 3.8) is 0 Å². The zero-order valence-corrected chi connectivity index (χ0v) is 12.8. The molecule has 0 bridgehead atoms. The van der Waals surface area contributed by atoms with E-state index in [-0.39, 0.29) is 18.0 Å². The first-order chi connectivity index (χ1) is 10.00. The number of carboxylic acids is 1. The summed E-state index contributed by atoms with van der Waals surface area (Å²) in [6, 6.07) is 1.96. The van der Waals surface area contributed by atoms with E-state index in [1.165, 1.54) is 0 Å². The van der Waals surface area contributed by atoms with E-state index in [0.717, 1.165) is 18.7 Å². The highest BCUT2D eigenvalue weighted by Crippen LogP contribution is 2.33. The number of anilines is 1. The first-order valence-electron chi connectivity index (χ1n) is 6.98. The first-order valence-corrected chi connectivity index (χ1v) is 7.92. The molecule has 2 saturated heterocycles. The van der Waals surface area contributed by atoms with E-state index in [0.29, 0.717) is 19.6 Å². The molecule has 3 rings (SSSR count). The fraction of sp³-hybridized carbons (Fsp3) is 0.571. The van der Waals surface area contributed by atoms with Crippen LogP contribution in [0, 0.1) is 0 Å². The second kappa shape index (κ2) is 5.40. The molecule has 0 saturated carbocycles. The van der Waals surface area contributed by atoms with Gasteiger partial charge in [0.15, 0.2) is 0 Å². The summed E-state index contributed by atoms with van der Waals surface area (Å²) in [7, 11) is 1.97. The number of carboxylic acid groups (broad SMARTS) is 1. The molecule has 6 nitrogen and oxygen atoms in total. The number of likely N-dealkylation sites (N-methyl/N-ethyl adjacent to an activating group) is 1. The van der Waals surface area contributed by atoms with E-state index >= 15 is 0 Å². The summed E-state index contributed by atoms with van der Waals surface area (Å²) in [5.41, 5.74) is 0.819. The van der Waals surface area contributed by atoms with Crippen LogP contribution in [0.1, 0.15) is 6.42 Å². The molecule has 2 aliphatic rings. The fourth-order valence-electron chi connectivity index (χ4n) is 3.31. The van der Waals surface area contributed by atoms with Crippen LogP contribution in [0.4, 0.5) is 5.69 Å². The van der Waals surface area contributed by atoms with Gasteiger partial charge in [0, 0.05) is 25.0 Å². The van der Waals surface area contributed by atoms with Crippen molar-refractivity contribution in [1.82, 2.24) is 9.80 Å². The van der Waals surface area contributed by atoms with E-state index in [9.17, 15) is 9.59 Å². The van der Waals surface area contributed by atoms with E-state index < -0.39 is 5.97 Å². The van der Waals surface area contributed by atoms with Crippen LogP contribution in [0.3, 0.4) is 0 Å². The number of rotatable bonds is 3. The lowest BCUT2D eigenvalue weighted by atomic mass is 9.93. The number of amides is 1. The number of hydrogen-bond donors (Lipinski definition) is 1. The van der Waals surface area contributed by atoms with Crippen LogP contribution in [0.25, 0.3) is 0 Å². The summed E-state index contributed by atoms with van der Waals surface area (Å²) < 4.78 is 0. The van der Waals surface area contributed by atoms with Crippen LogP contribution >= 0.6 is 11.3 Å². The zero-order chi connectivity index (χ0) is 15.0. The van der Waals surface area contributed by atoms with Crippen LogP contribution in [0.5, 0.6) is 0 Å². The summed E-state index contributed by atoms with van der Waals surface area (Å²) in [4.78, 5) is 29.1. The molecule has 1 aromatic heterocycles. The molecule has 2 fully saturated rings. The SMILES string of the molecule is CN1CC(=O)N(c2ccsc2)C[C@]12CCN(CC(=O)O)C2. The second-order valence-electron chi connectivity index (χ2n) is 5.90. The van der Waals surface area contributed by atoms with Gasteiger partial charge >= 0.3 is 5.97 Å². The molecular weight excluding hydrogens is 290 g/mol. The summed E-state index contributed by atoms with van der Waals surface area (Å²) in [5, 5.41) is 12.9. The summed E-state index contributed by atoms with van der Waals surface area (Å²) >= 11 is 1.58. The Morgan fingerprint density at radius 3 is 2.95 bits per heavy atom. The molecule has 3 heterocycles. The minimum absolute atomic E-state index is 0.0714. The molecule has 1 atom stereocenters. The van der Waals surface area contributed by atoms with Crippen molar-refractivity contribution < 1.29 is 14.7 Å². The zero-order valence-electron chi connectivity index (χ0n) is 12.0. The third-order valence-corrected chi connectivity index (χ3v) is 5.19. The van der Waals surface area contributed by atoms with Gasteiger partial charge in [0.25, 0.3) is 0 Å². The average Bonchev–Trinajstić information content (AvgIpc) is 3.04. The number of carbonyl (C=O) groups is 2. The van der Waals surface area contributed by atoms with Crippen LogP contribution in [-0.2, 0) is 9.59 Å². The Hall–Kier alpha value is -1.44. The predicted octanol–water partition coefficient (Wildman–Crippen LogP) is 0.556. The molecule has 0 unspecified atom stereocenters. The van der Waals surface area contributed by atoms with Crippen LogP contribution < -0.4 is 4.90 Å². The van der Waals surface area contributed by atoms with Gasteiger partial charge in [0.05, 0.1) is 24.3 Å². The molecule has 7 heteroatoms. The minimum Gasteiger partial charge on any atom is -0.480 e. The monoisotopic (exact) mass is 309 g/mol. The summed E-state index contributed by atoms with van der Waals surface area (Å²) in [6.07, 6.45) is 0.894. The number of hydrogen-bond acceptors (Lipinski definition) is 5. The maximum Gasteiger partial charge on any atom is 0.317 e. The first kappa shape index (κ1) is 14.5. The Morgan fingerprint density at radius 2 is 2.29 bits per heavy atom. The largest absolute Gasteiger partial charge is 0.480 e.